The van der Waals surface area contributed by atoms with Gasteiger partial charge in [0.1, 0.15) is 11.5 Å². The molecule has 0 bridgehead atoms. The van der Waals surface area contributed by atoms with Crippen LogP contribution in [0, 0.1) is 0 Å². The highest BCUT2D eigenvalue weighted by Crippen LogP contribution is 2.19. The lowest BCUT2D eigenvalue weighted by Gasteiger charge is -2.23. The highest BCUT2D eigenvalue weighted by atomic mass is 16.6. The van der Waals surface area contributed by atoms with Crippen LogP contribution in [-0.4, -0.2) is 67.2 Å². The van der Waals surface area contributed by atoms with E-state index in [9.17, 15) is 33.9 Å². The van der Waals surface area contributed by atoms with E-state index in [-0.39, 0.29) is 33.9 Å². The van der Waals surface area contributed by atoms with E-state index in [0.717, 1.165) is 0 Å². The molecule has 0 aliphatic carbocycles. The van der Waals surface area contributed by atoms with Crippen LogP contribution >= 0.6 is 0 Å². The second-order valence-corrected chi connectivity index (χ2v) is 9.41. The number of amides is 3. The van der Waals surface area contributed by atoms with Gasteiger partial charge in [0.2, 0.25) is 12.2 Å². The molecule has 4 aromatic rings. The minimum absolute atomic E-state index is 0.0189. The van der Waals surface area contributed by atoms with Crippen molar-refractivity contribution in [2.75, 3.05) is 19.5 Å². The molecular formula is C32H27N3O12. The first-order chi connectivity index (χ1) is 22.6. The number of nitrogens with one attached hydrogen (secondary N) is 3. The first kappa shape index (κ1) is 33.3. The van der Waals surface area contributed by atoms with Gasteiger partial charge in [0.15, 0.2) is 5.76 Å². The SMILES string of the molecule is COc1cccc(C(=O)O[C@H](C(=O)NNC(=O)c2ccc(NC(=O)c3ccco3)cc2)[C@@H](OC(=O)c2cccc(OC)c2)C(=O)O)c1. The maximum Gasteiger partial charge on any atom is 0.349 e. The van der Waals surface area contributed by atoms with Gasteiger partial charge in [-0.25, -0.2) is 14.4 Å². The Morgan fingerprint density at radius 2 is 1.23 bits per heavy atom. The summed E-state index contributed by atoms with van der Waals surface area (Å²) in [5.74, 6) is -6.29. The van der Waals surface area contributed by atoms with Gasteiger partial charge in [0.05, 0.1) is 31.6 Å². The van der Waals surface area contributed by atoms with Crippen LogP contribution in [0.3, 0.4) is 0 Å². The van der Waals surface area contributed by atoms with Crippen molar-refractivity contribution in [2.45, 2.75) is 12.2 Å². The maximum absolute atomic E-state index is 13.3. The lowest BCUT2D eigenvalue weighted by atomic mass is 10.1. The number of carboxylic acids is 1. The Bertz CT molecular complexity index is 1770. The number of carbonyl (C=O) groups is 6. The minimum atomic E-state index is -2.36. The number of anilines is 1. The lowest BCUT2D eigenvalue weighted by molar-refractivity contribution is -0.159. The molecule has 2 atom stereocenters. The van der Waals surface area contributed by atoms with Gasteiger partial charge in [0.25, 0.3) is 17.7 Å². The third-order valence-electron chi connectivity index (χ3n) is 6.30. The number of hydrogen-bond donors (Lipinski definition) is 4. The number of hydrazine groups is 1. The highest BCUT2D eigenvalue weighted by Gasteiger charge is 2.41. The molecule has 0 saturated carbocycles. The first-order valence-corrected chi connectivity index (χ1v) is 13.6. The Hall–Kier alpha value is -6.64. The summed E-state index contributed by atoms with van der Waals surface area (Å²) in [6.07, 6.45) is -3.32. The smallest absolute Gasteiger partial charge is 0.349 e. The van der Waals surface area contributed by atoms with Crippen molar-refractivity contribution in [3.05, 3.63) is 114 Å². The Labute approximate surface area is 266 Å². The molecule has 0 spiro atoms. The normalized spacial score (nSPS) is 11.6. The number of ether oxygens (including phenoxy) is 4. The van der Waals surface area contributed by atoms with Gasteiger partial charge in [-0.3, -0.25) is 25.2 Å². The zero-order valence-corrected chi connectivity index (χ0v) is 24.8. The monoisotopic (exact) mass is 645 g/mol. The van der Waals surface area contributed by atoms with Crippen LogP contribution in [0.2, 0.25) is 0 Å². The number of carboxylic acid groups (broad SMARTS) is 1. The zero-order chi connectivity index (χ0) is 33.9. The lowest BCUT2D eigenvalue weighted by Crippen LogP contribution is -2.54. The van der Waals surface area contributed by atoms with E-state index in [0.29, 0.717) is 5.69 Å². The number of carbonyl (C=O) groups excluding carboxylic acids is 5. The fourth-order valence-electron chi connectivity index (χ4n) is 3.93. The molecule has 4 N–H and O–H groups in total. The molecule has 0 aliphatic heterocycles. The van der Waals surface area contributed by atoms with Crippen molar-refractivity contribution < 1.29 is 57.2 Å². The van der Waals surface area contributed by atoms with E-state index in [1.807, 2.05) is 5.43 Å². The molecule has 4 rings (SSSR count). The van der Waals surface area contributed by atoms with Gasteiger partial charge in [-0.05, 0) is 72.8 Å². The highest BCUT2D eigenvalue weighted by molar-refractivity contribution is 6.03. The van der Waals surface area contributed by atoms with Crippen LogP contribution in [0.15, 0.2) is 95.6 Å². The summed E-state index contributed by atoms with van der Waals surface area (Å²) >= 11 is 0. The summed E-state index contributed by atoms with van der Waals surface area (Å²) in [7, 11) is 2.71. The van der Waals surface area contributed by atoms with Crippen molar-refractivity contribution >= 4 is 41.3 Å². The number of hydrogen-bond acceptors (Lipinski definition) is 11. The van der Waals surface area contributed by atoms with Crippen LogP contribution in [0.25, 0.3) is 0 Å². The average molecular weight is 646 g/mol. The molecule has 1 aromatic heterocycles. The van der Waals surface area contributed by atoms with E-state index in [1.54, 1.807) is 6.07 Å². The van der Waals surface area contributed by atoms with E-state index in [2.05, 4.69) is 10.7 Å². The molecule has 0 unspecified atom stereocenters. The predicted molar refractivity (Wildman–Crippen MR) is 161 cm³/mol. The molecule has 0 fully saturated rings. The number of rotatable bonds is 12. The van der Waals surface area contributed by atoms with Gasteiger partial charge in [-0.2, -0.15) is 0 Å². The number of aliphatic carboxylic acids is 1. The van der Waals surface area contributed by atoms with Crippen molar-refractivity contribution in [3.63, 3.8) is 0 Å². The molecule has 242 valence electrons. The maximum atomic E-state index is 13.3. The van der Waals surface area contributed by atoms with Crippen molar-refractivity contribution in [1.29, 1.82) is 0 Å². The molecule has 1 heterocycles. The standard InChI is InChI=1S/C32H27N3O12/c1-43-22-8-3-6-19(16-22)31(41)46-25(26(30(39)40)47-32(42)20-7-4-9-23(17-20)44-2)29(38)35-34-27(36)18-11-13-21(14-12-18)33-28(37)24-10-5-15-45-24/h3-17,25-26H,1-2H3,(H,33,37)(H,34,36)(H,35,38)(H,39,40)/t25-,26+/m0/s1. The molecule has 15 nitrogen and oxygen atoms in total. The average Bonchev–Trinajstić information content (AvgIpc) is 3.64. The molecule has 15 heteroatoms. The van der Waals surface area contributed by atoms with Gasteiger partial charge < -0.3 is 33.8 Å². The van der Waals surface area contributed by atoms with Gasteiger partial charge >= 0.3 is 17.9 Å². The van der Waals surface area contributed by atoms with Crippen molar-refractivity contribution in [2.24, 2.45) is 0 Å². The van der Waals surface area contributed by atoms with Gasteiger partial charge in [-0.15, -0.1) is 0 Å². The zero-order valence-electron chi connectivity index (χ0n) is 24.8. The van der Waals surface area contributed by atoms with Gasteiger partial charge in [0, 0.05) is 11.3 Å². The Balaban J connectivity index is 1.50. The Morgan fingerprint density at radius 1 is 0.660 bits per heavy atom. The Kier molecular flexibility index (Phi) is 10.9. The van der Waals surface area contributed by atoms with E-state index in [4.69, 9.17) is 23.4 Å². The quantitative estimate of drug-likeness (QED) is 0.130. The predicted octanol–water partition coefficient (Wildman–Crippen LogP) is 2.85. The fraction of sp³-hybridized carbons (Fsp3) is 0.125. The summed E-state index contributed by atoms with van der Waals surface area (Å²) in [6, 6.07) is 19.6. The van der Waals surface area contributed by atoms with Crippen LogP contribution in [0.5, 0.6) is 11.5 Å². The van der Waals surface area contributed by atoms with Gasteiger partial charge in [-0.1, -0.05) is 12.1 Å². The third-order valence-corrected chi connectivity index (χ3v) is 6.30. The molecule has 0 saturated heterocycles. The number of benzene rings is 3. The third kappa shape index (κ3) is 8.72. The largest absolute Gasteiger partial charge is 0.497 e. The van der Waals surface area contributed by atoms with Crippen LogP contribution < -0.4 is 25.6 Å². The topological polar surface area (TPSA) is 209 Å². The number of methoxy groups -OCH3 is 2. The second kappa shape index (κ2) is 15.4. The summed E-state index contributed by atoms with van der Waals surface area (Å²) in [6.45, 7) is 0. The first-order valence-electron chi connectivity index (χ1n) is 13.6. The summed E-state index contributed by atoms with van der Waals surface area (Å²) < 4.78 is 25.5. The second-order valence-electron chi connectivity index (χ2n) is 9.41. The molecule has 0 radical (unpaired) electrons. The molecule has 3 aromatic carbocycles. The van der Waals surface area contributed by atoms with E-state index >= 15 is 0 Å². The fourth-order valence-corrected chi connectivity index (χ4v) is 3.93. The summed E-state index contributed by atoms with van der Waals surface area (Å²) in [4.78, 5) is 76.4. The van der Waals surface area contributed by atoms with Crippen LogP contribution in [0.1, 0.15) is 41.6 Å². The number of furan rings is 1. The van der Waals surface area contributed by atoms with Crippen LogP contribution in [-0.2, 0) is 19.1 Å². The van der Waals surface area contributed by atoms with Crippen molar-refractivity contribution in [1.82, 2.24) is 10.9 Å². The van der Waals surface area contributed by atoms with Crippen molar-refractivity contribution in [3.8, 4) is 11.5 Å². The molecule has 0 aliphatic rings. The molecule has 3 amide bonds. The van der Waals surface area contributed by atoms with E-state index in [1.165, 1.54) is 99.3 Å². The summed E-state index contributed by atoms with van der Waals surface area (Å²) in [5, 5.41) is 12.5. The summed E-state index contributed by atoms with van der Waals surface area (Å²) in [5.41, 5.74) is 4.19. The minimum Gasteiger partial charge on any atom is -0.497 e. The number of esters is 2. The Morgan fingerprint density at radius 3 is 1.74 bits per heavy atom. The van der Waals surface area contributed by atoms with Crippen LogP contribution in [0.4, 0.5) is 5.69 Å². The van der Waals surface area contributed by atoms with E-state index < -0.39 is 47.8 Å². The molecule has 47 heavy (non-hydrogen) atoms. The molecular weight excluding hydrogens is 618 g/mol.